The van der Waals surface area contributed by atoms with Crippen LogP contribution in [0.5, 0.6) is 0 Å². The molecule has 1 heterocycles. The molecule has 0 aromatic rings. The summed E-state index contributed by atoms with van der Waals surface area (Å²) in [5, 5.41) is 0. The molecule has 1 aliphatic rings. The standard InChI is InChI=1S/C6H11BF3O2/c8-7(9,10)5-12-6-1-3-11-4-2-6/h6H,1-5H2/q-1. The van der Waals surface area contributed by atoms with Gasteiger partial charge in [-0.1, -0.05) is 0 Å². The summed E-state index contributed by atoms with van der Waals surface area (Å²) in [5.41, 5.74) is 0. The molecule has 1 aliphatic heterocycles. The van der Waals surface area contributed by atoms with Crippen LogP contribution in [0, 0.1) is 0 Å². The van der Waals surface area contributed by atoms with Gasteiger partial charge in [-0.15, -0.1) is 0 Å². The van der Waals surface area contributed by atoms with Crippen molar-refractivity contribution in [3.05, 3.63) is 0 Å². The molecule has 0 aromatic carbocycles. The van der Waals surface area contributed by atoms with Crippen LogP contribution in [0.15, 0.2) is 0 Å². The van der Waals surface area contributed by atoms with Crippen LogP contribution in [0.4, 0.5) is 12.9 Å². The molecule has 1 saturated heterocycles. The van der Waals surface area contributed by atoms with Crippen LogP contribution < -0.4 is 0 Å². The van der Waals surface area contributed by atoms with Crippen LogP contribution >= 0.6 is 0 Å². The smallest absolute Gasteiger partial charge is 0.447 e. The lowest BCUT2D eigenvalue weighted by Gasteiger charge is -2.25. The van der Waals surface area contributed by atoms with Gasteiger partial charge in [0.25, 0.3) is 0 Å². The summed E-state index contributed by atoms with van der Waals surface area (Å²) in [6, 6.07) is 0. The maximum atomic E-state index is 11.7. The van der Waals surface area contributed by atoms with E-state index < -0.39 is 13.5 Å². The first-order valence-corrected chi connectivity index (χ1v) is 3.98. The third kappa shape index (κ3) is 3.97. The van der Waals surface area contributed by atoms with Crippen LogP contribution in [0.1, 0.15) is 12.8 Å². The first kappa shape index (κ1) is 9.86. The number of halogens is 3. The number of hydrogen-bond donors (Lipinski definition) is 0. The largest absolute Gasteiger partial charge is 0.503 e. The molecule has 0 aliphatic carbocycles. The molecule has 0 amide bonds. The Balaban J connectivity index is 2.13. The topological polar surface area (TPSA) is 18.5 Å². The van der Waals surface area contributed by atoms with E-state index in [2.05, 4.69) is 4.74 Å². The minimum atomic E-state index is -4.79. The summed E-state index contributed by atoms with van der Waals surface area (Å²) >= 11 is 0. The lowest BCUT2D eigenvalue weighted by atomic mass is 9.94. The number of rotatable bonds is 3. The Morgan fingerprint density at radius 2 is 1.83 bits per heavy atom. The summed E-state index contributed by atoms with van der Waals surface area (Å²) in [5.74, 6) is 0. The van der Waals surface area contributed by atoms with E-state index in [4.69, 9.17) is 4.74 Å². The molecule has 2 nitrogen and oxygen atoms in total. The van der Waals surface area contributed by atoms with Gasteiger partial charge in [-0.3, -0.25) is 0 Å². The fourth-order valence-corrected chi connectivity index (χ4v) is 1.09. The van der Waals surface area contributed by atoms with Crippen molar-refractivity contribution in [2.45, 2.75) is 18.9 Å². The van der Waals surface area contributed by atoms with Crippen LogP contribution in [-0.2, 0) is 9.47 Å². The van der Waals surface area contributed by atoms with Gasteiger partial charge in [0.2, 0.25) is 0 Å². The maximum Gasteiger partial charge on any atom is 0.503 e. The normalized spacial score (nSPS) is 21.2. The lowest BCUT2D eigenvalue weighted by molar-refractivity contribution is -0.0235. The molecule has 0 spiro atoms. The first-order chi connectivity index (χ1) is 5.58. The number of ether oxygens (including phenoxy) is 2. The molecule has 0 atom stereocenters. The molecule has 0 unspecified atom stereocenters. The van der Waals surface area contributed by atoms with Crippen LogP contribution in [-0.4, -0.2) is 32.8 Å². The SMILES string of the molecule is F[B-](F)(F)COC1CCOCC1. The molecule has 0 aromatic heterocycles. The van der Waals surface area contributed by atoms with Gasteiger partial charge in [-0.05, 0) is 12.8 Å². The minimum absolute atomic E-state index is 0.262. The molecule has 1 rings (SSSR count). The van der Waals surface area contributed by atoms with Crippen molar-refractivity contribution >= 4 is 6.98 Å². The van der Waals surface area contributed by atoms with Crippen molar-refractivity contribution in [2.75, 3.05) is 19.7 Å². The van der Waals surface area contributed by atoms with Gasteiger partial charge < -0.3 is 22.4 Å². The second-order valence-corrected chi connectivity index (χ2v) is 2.86. The zero-order valence-electron chi connectivity index (χ0n) is 6.64. The number of hydrogen-bond acceptors (Lipinski definition) is 2. The molecule has 6 heteroatoms. The Labute approximate surface area is 69.1 Å². The second-order valence-electron chi connectivity index (χ2n) is 2.86. The Hall–Kier alpha value is -0.225. The summed E-state index contributed by atoms with van der Waals surface area (Å²) in [4.78, 5) is 0. The predicted octanol–water partition coefficient (Wildman–Crippen LogP) is 1.57. The van der Waals surface area contributed by atoms with Crippen LogP contribution in [0.3, 0.4) is 0 Å². The van der Waals surface area contributed by atoms with Gasteiger partial charge in [-0.25, -0.2) is 0 Å². The third-order valence-corrected chi connectivity index (χ3v) is 1.69. The molecule has 72 valence electrons. The zero-order chi connectivity index (χ0) is 9.03. The summed E-state index contributed by atoms with van der Waals surface area (Å²) < 4.78 is 44.8. The quantitative estimate of drug-likeness (QED) is 0.618. The molecule has 1 fully saturated rings. The van der Waals surface area contributed by atoms with Crippen LogP contribution in [0.25, 0.3) is 0 Å². The highest BCUT2D eigenvalue weighted by atomic mass is 19.4. The Bertz CT molecular complexity index is 133. The van der Waals surface area contributed by atoms with Crippen molar-refractivity contribution in [1.82, 2.24) is 0 Å². The third-order valence-electron chi connectivity index (χ3n) is 1.69. The van der Waals surface area contributed by atoms with Gasteiger partial charge >= 0.3 is 6.98 Å². The molecule has 0 N–H and O–H groups in total. The fraction of sp³-hybridized carbons (Fsp3) is 1.00. The summed E-state index contributed by atoms with van der Waals surface area (Å²) in [6.07, 6.45) is 0.889. The van der Waals surface area contributed by atoms with Crippen molar-refractivity contribution in [3.8, 4) is 0 Å². The van der Waals surface area contributed by atoms with Gasteiger partial charge in [0.05, 0.1) is 6.10 Å². The van der Waals surface area contributed by atoms with Gasteiger partial charge in [-0.2, -0.15) is 0 Å². The maximum absolute atomic E-state index is 11.7. The fourth-order valence-electron chi connectivity index (χ4n) is 1.09. The summed E-state index contributed by atoms with van der Waals surface area (Å²) in [7, 11) is 0. The molecule has 0 radical (unpaired) electrons. The lowest BCUT2D eigenvalue weighted by Crippen LogP contribution is -2.31. The van der Waals surface area contributed by atoms with Gasteiger partial charge in [0, 0.05) is 19.7 Å². The molecule has 0 bridgehead atoms. The van der Waals surface area contributed by atoms with E-state index in [0.717, 1.165) is 0 Å². The Kier molecular flexibility index (Phi) is 3.40. The molecule has 12 heavy (non-hydrogen) atoms. The average Bonchev–Trinajstić information content (AvgIpc) is 2.02. The van der Waals surface area contributed by atoms with Gasteiger partial charge in [0.1, 0.15) is 0 Å². The molecular weight excluding hydrogens is 172 g/mol. The van der Waals surface area contributed by atoms with E-state index in [-0.39, 0.29) is 6.10 Å². The zero-order valence-corrected chi connectivity index (χ0v) is 6.64. The monoisotopic (exact) mass is 183 g/mol. The van der Waals surface area contributed by atoms with E-state index in [1.165, 1.54) is 0 Å². The first-order valence-electron chi connectivity index (χ1n) is 3.98. The highest BCUT2D eigenvalue weighted by Gasteiger charge is 2.25. The highest BCUT2D eigenvalue weighted by Crippen LogP contribution is 2.15. The second kappa shape index (κ2) is 4.14. The highest BCUT2D eigenvalue weighted by molar-refractivity contribution is 6.58. The molecule has 0 saturated carbocycles. The van der Waals surface area contributed by atoms with Gasteiger partial charge in [0.15, 0.2) is 0 Å². The summed E-state index contributed by atoms with van der Waals surface area (Å²) in [6.45, 7) is -4.85. The Morgan fingerprint density at radius 3 is 2.33 bits per heavy atom. The van der Waals surface area contributed by atoms with E-state index >= 15 is 0 Å². The van der Waals surface area contributed by atoms with Crippen molar-refractivity contribution in [1.29, 1.82) is 0 Å². The van der Waals surface area contributed by atoms with E-state index in [0.29, 0.717) is 26.1 Å². The molecular formula is C6H11BF3O2-. The van der Waals surface area contributed by atoms with Crippen LogP contribution in [0.2, 0.25) is 0 Å². The van der Waals surface area contributed by atoms with E-state index in [9.17, 15) is 12.9 Å². The van der Waals surface area contributed by atoms with Crippen molar-refractivity contribution < 1.29 is 22.4 Å². The average molecular weight is 183 g/mol. The predicted molar refractivity (Wildman–Crippen MR) is 38.9 cm³/mol. The Morgan fingerprint density at radius 1 is 1.25 bits per heavy atom. The van der Waals surface area contributed by atoms with E-state index in [1.54, 1.807) is 0 Å². The van der Waals surface area contributed by atoms with Crippen molar-refractivity contribution in [2.24, 2.45) is 0 Å². The minimum Gasteiger partial charge on any atom is -0.447 e. The van der Waals surface area contributed by atoms with E-state index in [1.807, 2.05) is 0 Å². The van der Waals surface area contributed by atoms with Crippen molar-refractivity contribution in [3.63, 3.8) is 0 Å².